The van der Waals surface area contributed by atoms with Crippen LogP contribution >= 0.6 is 11.6 Å². The number of nitrogens with zero attached hydrogens (tertiary/aromatic N) is 2. The molecule has 6 nitrogen and oxygen atoms in total. The lowest BCUT2D eigenvalue weighted by molar-refractivity contribution is -0.123. The molecule has 24 heavy (non-hydrogen) atoms. The van der Waals surface area contributed by atoms with Crippen LogP contribution in [-0.4, -0.2) is 28.8 Å². The molecule has 1 heterocycles. The van der Waals surface area contributed by atoms with Crippen molar-refractivity contribution >= 4 is 17.5 Å². The average molecular weight is 348 g/mol. The summed E-state index contributed by atoms with van der Waals surface area (Å²) >= 11 is 5.78. The van der Waals surface area contributed by atoms with Gasteiger partial charge in [-0.25, -0.2) is 4.68 Å². The standard InChI is InChI=1S/C17H18ClN3O3/c18-13-3-5-14(6-4-13)24-11-16(22)19-9-10-21-17(23)8-7-15(20-21)12-1-2-12/h3-8,12H,1-2,9-11H2,(H,19,22). The van der Waals surface area contributed by atoms with E-state index in [0.717, 1.165) is 18.5 Å². The van der Waals surface area contributed by atoms with E-state index in [1.54, 1.807) is 30.3 Å². The molecule has 1 N–H and O–H groups in total. The maximum atomic E-state index is 11.8. The van der Waals surface area contributed by atoms with Crippen molar-refractivity contribution in [2.45, 2.75) is 25.3 Å². The summed E-state index contributed by atoms with van der Waals surface area (Å²) in [6.07, 6.45) is 2.26. The Balaban J connectivity index is 1.44. The van der Waals surface area contributed by atoms with E-state index in [1.165, 1.54) is 10.7 Å². The molecule has 1 aromatic carbocycles. The molecule has 7 heteroatoms. The summed E-state index contributed by atoms with van der Waals surface area (Å²) in [4.78, 5) is 23.6. The number of halogens is 1. The number of rotatable bonds is 7. The second-order valence-electron chi connectivity index (χ2n) is 5.69. The fourth-order valence-electron chi connectivity index (χ4n) is 2.25. The predicted octanol–water partition coefficient (Wildman–Crippen LogP) is 1.97. The summed E-state index contributed by atoms with van der Waals surface area (Å²) in [5.74, 6) is 0.806. The number of amides is 1. The third-order valence-corrected chi connectivity index (χ3v) is 3.96. The topological polar surface area (TPSA) is 73.2 Å². The summed E-state index contributed by atoms with van der Waals surface area (Å²) in [6.45, 7) is 0.571. The van der Waals surface area contributed by atoms with Crippen molar-refractivity contribution in [1.82, 2.24) is 15.1 Å². The van der Waals surface area contributed by atoms with Gasteiger partial charge in [0.25, 0.3) is 11.5 Å². The molecule has 1 aliphatic rings. The molecule has 0 atom stereocenters. The van der Waals surface area contributed by atoms with Crippen molar-refractivity contribution in [2.24, 2.45) is 0 Å². The Hall–Kier alpha value is -2.34. The van der Waals surface area contributed by atoms with E-state index in [1.807, 2.05) is 0 Å². The molecule has 0 saturated heterocycles. The number of nitrogens with one attached hydrogen (secondary N) is 1. The fourth-order valence-corrected chi connectivity index (χ4v) is 2.38. The van der Waals surface area contributed by atoms with E-state index in [2.05, 4.69) is 10.4 Å². The second-order valence-corrected chi connectivity index (χ2v) is 6.12. The SMILES string of the molecule is O=C(COc1ccc(Cl)cc1)NCCn1nc(C2CC2)ccc1=O. The molecule has 1 saturated carbocycles. The Morgan fingerprint density at radius 2 is 2.00 bits per heavy atom. The van der Waals surface area contributed by atoms with Crippen LogP contribution in [0.5, 0.6) is 5.75 Å². The van der Waals surface area contributed by atoms with Gasteiger partial charge in [-0.1, -0.05) is 11.6 Å². The van der Waals surface area contributed by atoms with Gasteiger partial charge in [0.1, 0.15) is 5.75 Å². The fraction of sp³-hybridized carbons (Fsp3) is 0.353. The highest BCUT2D eigenvalue weighted by atomic mass is 35.5. The molecule has 0 unspecified atom stereocenters. The van der Waals surface area contributed by atoms with Crippen LogP contribution in [-0.2, 0) is 11.3 Å². The van der Waals surface area contributed by atoms with Crippen LogP contribution in [0.4, 0.5) is 0 Å². The zero-order valence-corrected chi connectivity index (χ0v) is 13.8. The number of ether oxygens (including phenoxy) is 1. The molecule has 126 valence electrons. The zero-order valence-electron chi connectivity index (χ0n) is 13.1. The Bertz CT molecular complexity index is 769. The smallest absolute Gasteiger partial charge is 0.266 e. The number of hydrogen-bond donors (Lipinski definition) is 1. The van der Waals surface area contributed by atoms with Gasteiger partial charge in [-0.2, -0.15) is 5.10 Å². The number of benzene rings is 1. The molecular weight excluding hydrogens is 330 g/mol. The third kappa shape index (κ3) is 4.58. The summed E-state index contributed by atoms with van der Waals surface area (Å²) in [5.41, 5.74) is 0.790. The average Bonchev–Trinajstić information content (AvgIpc) is 3.41. The highest BCUT2D eigenvalue weighted by Crippen LogP contribution is 2.38. The minimum absolute atomic E-state index is 0.0912. The van der Waals surface area contributed by atoms with Gasteiger partial charge in [0, 0.05) is 23.6 Å². The molecule has 0 bridgehead atoms. The van der Waals surface area contributed by atoms with Gasteiger partial charge in [0.05, 0.1) is 12.2 Å². The molecule has 0 aliphatic heterocycles. The quantitative estimate of drug-likeness (QED) is 0.831. The third-order valence-electron chi connectivity index (χ3n) is 3.71. The highest BCUT2D eigenvalue weighted by Gasteiger charge is 2.25. The Morgan fingerprint density at radius 3 is 2.71 bits per heavy atom. The van der Waals surface area contributed by atoms with E-state index < -0.39 is 0 Å². The van der Waals surface area contributed by atoms with Crippen molar-refractivity contribution in [3.63, 3.8) is 0 Å². The van der Waals surface area contributed by atoms with Crippen molar-refractivity contribution in [3.05, 3.63) is 57.5 Å². The van der Waals surface area contributed by atoms with Crippen LogP contribution in [0.2, 0.25) is 5.02 Å². The normalized spacial score (nSPS) is 13.5. The van der Waals surface area contributed by atoms with Gasteiger partial charge in [0.15, 0.2) is 6.61 Å². The van der Waals surface area contributed by atoms with Crippen molar-refractivity contribution in [3.8, 4) is 5.75 Å². The molecule has 0 radical (unpaired) electrons. The van der Waals surface area contributed by atoms with Gasteiger partial charge >= 0.3 is 0 Å². The van der Waals surface area contributed by atoms with Crippen molar-refractivity contribution in [1.29, 1.82) is 0 Å². The van der Waals surface area contributed by atoms with Crippen LogP contribution < -0.4 is 15.6 Å². The lowest BCUT2D eigenvalue weighted by atomic mass is 10.3. The minimum atomic E-state index is -0.253. The van der Waals surface area contributed by atoms with Gasteiger partial charge < -0.3 is 10.1 Å². The second kappa shape index (κ2) is 7.49. The minimum Gasteiger partial charge on any atom is -0.484 e. The summed E-state index contributed by atoms with van der Waals surface area (Å²) in [6, 6.07) is 10.1. The number of carbonyl (C=O) groups excluding carboxylic acids is 1. The molecule has 1 aromatic heterocycles. The van der Waals surface area contributed by atoms with Gasteiger partial charge in [-0.3, -0.25) is 9.59 Å². The monoisotopic (exact) mass is 347 g/mol. The van der Waals surface area contributed by atoms with Gasteiger partial charge in [0.2, 0.25) is 0 Å². The van der Waals surface area contributed by atoms with Crippen molar-refractivity contribution < 1.29 is 9.53 Å². The molecule has 1 fully saturated rings. The first-order chi connectivity index (χ1) is 11.6. The molecular formula is C17H18ClN3O3. The molecule has 1 amide bonds. The van der Waals surface area contributed by atoms with E-state index in [4.69, 9.17) is 16.3 Å². The molecule has 2 aromatic rings. The van der Waals surface area contributed by atoms with E-state index in [-0.39, 0.29) is 18.1 Å². The molecule has 0 spiro atoms. The van der Waals surface area contributed by atoms with Gasteiger partial charge in [-0.05, 0) is 43.2 Å². The largest absolute Gasteiger partial charge is 0.484 e. The summed E-state index contributed by atoms with van der Waals surface area (Å²) < 4.78 is 6.75. The van der Waals surface area contributed by atoms with Gasteiger partial charge in [-0.15, -0.1) is 0 Å². The number of hydrogen-bond acceptors (Lipinski definition) is 4. The summed E-state index contributed by atoms with van der Waals surface area (Å²) in [7, 11) is 0. The first-order valence-corrected chi connectivity index (χ1v) is 8.23. The number of aromatic nitrogens is 2. The zero-order chi connectivity index (χ0) is 16.9. The van der Waals surface area contributed by atoms with Crippen molar-refractivity contribution in [2.75, 3.05) is 13.2 Å². The first kappa shape index (κ1) is 16.5. The van der Waals surface area contributed by atoms with Crippen LogP contribution in [0.1, 0.15) is 24.5 Å². The van der Waals surface area contributed by atoms with Crippen LogP contribution in [0.3, 0.4) is 0 Å². The predicted molar refractivity (Wildman–Crippen MR) is 90.4 cm³/mol. The Morgan fingerprint density at radius 1 is 1.25 bits per heavy atom. The highest BCUT2D eigenvalue weighted by molar-refractivity contribution is 6.30. The maximum absolute atomic E-state index is 11.8. The van der Waals surface area contributed by atoms with E-state index in [9.17, 15) is 9.59 Å². The van der Waals surface area contributed by atoms with Crippen LogP contribution in [0, 0.1) is 0 Å². The first-order valence-electron chi connectivity index (χ1n) is 7.85. The Kier molecular flexibility index (Phi) is 5.15. The maximum Gasteiger partial charge on any atom is 0.266 e. The Labute approximate surface area is 144 Å². The van der Waals surface area contributed by atoms with E-state index >= 15 is 0 Å². The molecule has 3 rings (SSSR count). The van der Waals surface area contributed by atoms with E-state index in [0.29, 0.717) is 29.8 Å². The number of carbonyl (C=O) groups is 1. The summed E-state index contributed by atoms with van der Waals surface area (Å²) in [5, 5.41) is 7.67. The lowest BCUT2D eigenvalue weighted by Crippen LogP contribution is -2.34. The molecule has 1 aliphatic carbocycles. The van der Waals surface area contributed by atoms with Crippen LogP contribution in [0.25, 0.3) is 0 Å². The van der Waals surface area contributed by atoms with Crippen LogP contribution in [0.15, 0.2) is 41.2 Å². The lowest BCUT2D eigenvalue weighted by Gasteiger charge is -2.09.